The Bertz CT molecular complexity index is 1090. The zero-order chi connectivity index (χ0) is 22.5. The van der Waals surface area contributed by atoms with Crippen LogP contribution in [0.2, 0.25) is 0 Å². The Morgan fingerprint density at radius 1 is 0.970 bits per heavy atom. The summed E-state index contributed by atoms with van der Waals surface area (Å²) in [5.74, 6) is -0.234. The highest BCUT2D eigenvalue weighted by Gasteiger charge is 2.32. The summed E-state index contributed by atoms with van der Waals surface area (Å²) in [6.45, 7) is 2.25. The van der Waals surface area contributed by atoms with E-state index in [2.05, 4.69) is 53.1 Å². The zero-order valence-electron chi connectivity index (χ0n) is 19.0. The van der Waals surface area contributed by atoms with Gasteiger partial charge in [-0.2, -0.15) is 0 Å². The first-order chi connectivity index (χ1) is 15.6. The second kappa shape index (κ2) is 11.1. The number of hydrogen-bond acceptors (Lipinski definition) is 3. The van der Waals surface area contributed by atoms with Gasteiger partial charge >= 0.3 is 0 Å². The number of hydrogen-bond donors (Lipinski definition) is 2. The van der Waals surface area contributed by atoms with Crippen molar-refractivity contribution in [2.75, 3.05) is 11.9 Å². The zero-order valence-corrected chi connectivity index (χ0v) is 19.8. The van der Waals surface area contributed by atoms with Crippen molar-refractivity contribution in [1.82, 2.24) is 10.6 Å². The van der Waals surface area contributed by atoms with Crippen LogP contribution in [-0.2, 0) is 22.6 Å². The summed E-state index contributed by atoms with van der Waals surface area (Å²) in [4.78, 5) is 27.8. The van der Waals surface area contributed by atoms with Crippen molar-refractivity contribution in [3.05, 3.63) is 90.0 Å². The first-order valence-electron chi connectivity index (χ1n) is 11.1. The van der Waals surface area contributed by atoms with Crippen molar-refractivity contribution in [3.63, 3.8) is 0 Å². The lowest BCUT2D eigenvalue weighted by atomic mass is 10.0. The maximum Gasteiger partial charge on any atom is 0.249 e. The average Bonchev–Trinajstić information content (AvgIpc) is 2.97. The number of anilines is 1. The van der Waals surface area contributed by atoms with Crippen molar-refractivity contribution in [3.8, 4) is 11.1 Å². The number of fused-ring (bicyclic) bond motifs is 1. The van der Waals surface area contributed by atoms with Crippen LogP contribution in [0.15, 0.2) is 78.9 Å². The third-order valence-electron chi connectivity index (χ3n) is 6.09. The predicted octanol–water partition coefficient (Wildman–Crippen LogP) is 4.35. The summed E-state index contributed by atoms with van der Waals surface area (Å²) >= 11 is 0. The third kappa shape index (κ3) is 5.62. The molecule has 3 aromatic rings. The van der Waals surface area contributed by atoms with E-state index < -0.39 is 6.04 Å². The van der Waals surface area contributed by atoms with Crippen molar-refractivity contribution in [2.24, 2.45) is 0 Å². The van der Waals surface area contributed by atoms with Gasteiger partial charge in [-0.3, -0.25) is 9.59 Å². The molecule has 5 nitrogen and oxygen atoms in total. The van der Waals surface area contributed by atoms with Crippen molar-refractivity contribution < 1.29 is 9.59 Å². The maximum absolute atomic E-state index is 13.5. The molecule has 1 aliphatic heterocycles. The Kier molecular flexibility index (Phi) is 8.26. The number of amides is 2. The molecule has 1 heterocycles. The van der Waals surface area contributed by atoms with Crippen LogP contribution in [0.25, 0.3) is 11.1 Å². The lowest BCUT2D eigenvalue weighted by Crippen LogP contribution is -2.52. The van der Waals surface area contributed by atoms with E-state index in [1.165, 1.54) is 0 Å². The molecule has 0 radical (unpaired) electrons. The van der Waals surface area contributed by atoms with Gasteiger partial charge in [0.15, 0.2) is 0 Å². The molecular weight excluding hydrogens is 434 g/mol. The minimum absolute atomic E-state index is 0. The fourth-order valence-corrected chi connectivity index (χ4v) is 4.06. The highest BCUT2D eigenvalue weighted by molar-refractivity contribution is 6.00. The monoisotopic (exact) mass is 463 g/mol. The molecule has 2 N–H and O–H groups in total. The Morgan fingerprint density at radius 2 is 1.61 bits per heavy atom. The molecule has 1 aliphatic rings. The number of carbonyl (C=O) groups excluding carboxylic acids is 2. The van der Waals surface area contributed by atoms with E-state index in [-0.39, 0.29) is 30.3 Å². The lowest BCUT2D eigenvalue weighted by Gasteiger charge is -2.27. The molecule has 2 atom stereocenters. The molecule has 0 spiro atoms. The van der Waals surface area contributed by atoms with Crippen LogP contribution in [0.5, 0.6) is 0 Å². The number of para-hydroxylation sites is 1. The van der Waals surface area contributed by atoms with E-state index in [0.717, 1.165) is 34.4 Å². The molecule has 172 valence electrons. The van der Waals surface area contributed by atoms with Gasteiger partial charge in [0.25, 0.3) is 0 Å². The van der Waals surface area contributed by atoms with E-state index in [9.17, 15) is 9.59 Å². The number of carbonyl (C=O) groups is 2. The molecule has 0 saturated heterocycles. The number of likely N-dealkylation sites (N-methyl/N-ethyl adjacent to an activating group) is 1. The molecule has 0 saturated carbocycles. The smallest absolute Gasteiger partial charge is 0.249 e. The Morgan fingerprint density at radius 3 is 2.30 bits per heavy atom. The average molecular weight is 464 g/mol. The molecular formula is C27H30ClN3O2. The molecule has 0 aliphatic carbocycles. The van der Waals surface area contributed by atoms with Gasteiger partial charge in [-0.25, -0.2) is 0 Å². The predicted molar refractivity (Wildman–Crippen MR) is 136 cm³/mol. The fourth-order valence-electron chi connectivity index (χ4n) is 4.06. The van der Waals surface area contributed by atoms with Crippen LogP contribution >= 0.6 is 12.4 Å². The molecule has 0 bridgehead atoms. The van der Waals surface area contributed by atoms with E-state index in [0.29, 0.717) is 13.0 Å². The second-order valence-electron chi connectivity index (χ2n) is 8.23. The van der Waals surface area contributed by atoms with Gasteiger partial charge in [0.05, 0.1) is 12.6 Å². The molecule has 3 aromatic carbocycles. The highest BCUT2D eigenvalue weighted by atomic mass is 35.5. The maximum atomic E-state index is 13.5. The molecule has 0 fully saturated rings. The quantitative estimate of drug-likeness (QED) is 0.571. The van der Waals surface area contributed by atoms with E-state index in [4.69, 9.17) is 0 Å². The van der Waals surface area contributed by atoms with Crippen LogP contribution in [0.1, 0.15) is 24.5 Å². The summed E-state index contributed by atoms with van der Waals surface area (Å²) in [6, 6.07) is 25.7. The van der Waals surface area contributed by atoms with Gasteiger partial charge in [-0.05, 0) is 55.1 Å². The summed E-state index contributed by atoms with van der Waals surface area (Å²) in [5, 5.41) is 5.88. The molecule has 1 unspecified atom stereocenters. The Balaban J connectivity index is 0.00000306. The van der Waals surface area contributed by atoms with E-state index in [1.807, 2.05) is 41.3 Å². The van der Waals surface area contributed by atoms with E-state index >= 15 is 0 Å². The van der Waals surface area contributed by atoms with Crippen LogP contribution in [0, 0.1) is 0 Å². The largest absolute Gasteiger partial charge is 0.343 e. The van der Waals surface area contributed by atoms with Crippen LogP contribution in [-0.4, -0.2) is 30.9 Å². The minimum atomic E-state index is -0.547. The van der Waals surface area contributed by atoms with Crippen LogP contribution in [0.4, 0.5) is 5.69 Å². The molecule has 0 aromatic heterocycles. The summed E-state index contributed by atoms with van der Waals surface area (Å²) in [5.41, 5.74) is 5.39. The van der Waals surface area contributed by atoms with Gasteiger partial charge in [-0.1, -0.05) is 72.8 Å². The molecule has 33 heavy (non-hydrogen) atoms. The first kappa shape index (κ1) is 24.5. The molecule has 4 rings (SSSR count). The highest BCUT2D eigenvalue weighted by Crippen LogP contribution is 2.29. The summed E-state index contributed by atoms with van der Waals surface area (Å²) < 4.78 is 0. The number of benzene rings is 3. The van der Waals surface area contributed by atoms with Gasteiger partial charge in [-0.15, -0.1) is 12.4 Å². The normalized spacial score (nSPS) is 16.2. The van der Waals surface area contributed by atoms with Crippen molar-refractivity contribution in [1.29, 1.82) is 0 Å². The number of aryl methyl sites for hydroxylation is 1. The molecule has 6 heteroatoms. The van der Waals surface area contributed by atoms with Crippen molar-refractivity contribution >= 4 is 29.9 Å². The second-order valence-corrected chi connectivity index (χ2v) is 8.23. The number of rotatable bonds is 6. The fraction of sp³-hybridized carbons (Fsp3) is 0.259. The third-order valence-corrected chi connectivity index (χ3v) is 6.09. The SMILES string of the molecule is CN[C@@H](C)C(=O)NC1CCc2ccccc2N(Cc2ccc(-c3ccccc3)cc2)C1=O.Cl. The minimum Gasteiger partial charge on any atom is -0.343 e. The summed E-state index contributed by atoms with van der Waals surface area (Å²) in [6.07, 6.45) is 1.33. The first-order valence-corrected chi connectivity index (χ1v) is 11.1. The Hall–Kier alpha value is -3.15. The van der Waals surface area contributed by atoms with E-state index in [1.54, 1.807) is 14.0 Å². The standard InChI is InChI=1S/C27H29N3O2.ClH/c1-19(28-2)26(31)29-24-17-16-23-10-6-7-11-25(23)30(27(24)32)18-20-12-14-22(15-13-20)21-8-4-3-5-9-21;/h3-15,19,24,28H,16-18H2,1-2H3,(H,29,31);1H/t19-,24?;/m0./s1. The Labute approximate surface area is 201 Å². The van der Waals surface area contributed by atoms with Crippen LogP contribution in [0.3, 0.4) is 0 Å². The topological polar surface area (TPSA) is 61.4 Å². The number of nitrogens with zero attached hydrogens (tertiary/aromatic N) is 1. The number of halogens is 1. The van der Waals surface area contributed by atoms with Crippen LogP contribution < -0.4 is 15.5 Å². The van der Waals surface area contributed by atoms with Crippen molar-refractivity contribution in [2.45, 2.75) is 38.4 Å². The number of nitrogens with one attached hydrogen (secondary N) is 2. The van der Waals surface area contributed by atoms with Gasteiger partial charge in [0.2, 0.25) is 11.8 Å². The molecule has 2 amide bonds. The van der Waals surface area contributed by atoms with Gasteiger partial charge < -0.3 is 15.5 Å². The summed E-state index contributed by atoms with van der Waals surface area (Å²) in [7, 11) is 1.74. The van der Waals surface area contributed by atoms with Gasteiger partial charge in [0, 0.05) is 5.69 Å². The van der Waals surface area contributed by atoms with Gasteiger partial charge in [0.1, 0.15) is 6.04 Å². The lowest BCUT2D eigenvalue weighted by molar-refractivity contribution is -0.128.